The molecule has 168 valence electrons. The van der Waals surface area contributed by atoms with E-state index in [9.17, 15) is 4.79 Å². The molecule has 3 aromatic rings. The maximum atomic E-state index is 12.4. The Morgan fingerprint density at radius 1 is 1.25 bits per heavy atom. The molecule has 1 aromatic heterocycles. The Morgan fingerprint density at radius 2 is 2.00 bits per heavy atom. The van der Waals surface area contributed by atoms with Crippen LogP contribution in [-0.2, 0) is 11.3 Å². The molecule has 0 radical (unpaired) electrons. The van der Waals surface area contributed by atoms with Crippen LogP contribution in [0.25, 0.3) is 0 Å². The number of rotatable bonds is 11. The summed E-state index contributed by atoms with van der Waals surface area (Å²) >= 11 is 7.49. The van der Waals surface area contributed by atoms with Crippen molar-refractivity contribution in [1.82, 2.24) is 14.8 Å². The number of hydrogen-bond donors (Lipinski definition) is 1. The van der Waals surface area contributed by atoms with E-state index in [1.165, 1.54) is 11.8 Å². The third kappa shape index (κ3) is 6.27. The van der Waals surface area contributed by atoms with E-state index in [0.29, 0.717) is 40.6 Å². The molecule has 0 spiro atoms. The van der Waals surface area contributed by atoms with Gasteiger partial charge in [-0.05, 0) is 50.2 Å². The molecule has 0 aliphatic rings. The predicted molar refractivity (Wildman–Crippen MR) is 128 cm³/mol. The lowest BCUT2D eigenvalue weighted by Gasteiger charge is -2.16. The van der Waals surface area contributed by atoms with Crippen LogP contribution in [0.5, 0.6) is 11.5 Å². The standard InChI is InChI=1S/C23H25ClN4O3S/c1-4-14-28-22(16(3)31-20-9-7-6-8-19(20)24)26-27-23(28)32-15-21(29)25-17-10-12-18(13-11-17)30-5-2/h4,6-13,16H,1,5,14-15H2,2-3H3,(H,25,29). The second kappa shape index (κ2) is 11.6. The summed E-state index contributed by atoms with van der Waals surface area (Å²) in [6.07, 6.45) is 1.36. The average molecular weight is 473 g/mol. The number of para-hydroxylation sites is 1. The maximum Gasteiger partial charge on any atom is 0.234 e. The van der Waals surface area contributed by atoms with Crippen molar-refractivity contribution in [3.8, 4) is 11.5 Å². The lowest BCUT2D eigenvalue weighted by Crippen LogP contribution is -2.15. The Balaban J connectivity index is 1.63. The van der Waals surface area contributed by atoms with Crippen LogP contribution >= 0.6 is 23.4 Å². The van der Waals surface area contributed by atoms with Gasteiger partial charge in [-0.3, -0.25) is 9.36 Å². The Morgan fingerprint density at radius 3 is 2.69 bits per heavy atom. The topological polar surface area (TPSA) is 78.3 Å². The molecule has 1 atom stereocenters. The summed E-state index contributed by atoms with van der Waals surface area (Å²) in [6.45, 7) is 8.69. The van der Waals surface area contributed by atoms with Crippen LogP contribution in [0.1, 0.15) is 25.8 Å². The van der Waals surface area contributed by atoms with Gasteiger partial charge in [-0.15, -0.1) is 16.8 Å². The fraction of sp³-hybridized carbons (Fsp3) is 0.261. The number of hydrogen-bond acceptors (Lipinski definition) is 6. The van der Waals surface area contributed by atoms with Crippen molar-refractivity contribution >= 4 is 35.0 Å². The summed E-state index contributed by atoms with van der Waals surface area (Å²) in [5.41, 5.74) is 0.703. The van der Waals surface area contributed by atoms with Crippen LogP contribution in [0.15, 0.2) is 66.3 Å². The number of amides is 1. The highest BCUT2D eigenvalue weighted by Gasteiger charge is 2.20. The first-order valence-corrected chi connectivity index (χ1v) is 11.5. The van der Waals surface area contributed by atoms with Crippen LogP contribution in [0, 0.1) is 0 Å². The minimum atomic E-state index is -0.394. The lowest BCUT2D eigenvalue weighted by molar-refractivity contribution is -0.113. The SMILES string of the molecule is C=CCn1c(SCC(=O)Nc2ccc(OCC)cc2)nnc1C(C)Oc1ccccc1Cl. The maximum absolute atomic E-state index is 12.4. The van der Waals surface area contributed by atoms with Gasteiger partial charge in [-0.25, -0.2) is 0 Å². The number of carbonyl (C=O) groups is 1. The van der Waals surface area contributed by atoms with Gasteiger partial charge in [-0.1, -0.05) is 41.6 Å². The molecule has 1 heterocycles. The van der Waals surface area contributed by atoms with Crippen molar-refractivity contribution in [2.45, 2.75) is 31.7 Å². The van der Waals surface area contributed by atoms with Crippen LogP contribution in [0.4, 0.5) is 5.69 Å². The number of benzene rings is 2. The van der Waals surface area contributed by atoms with Crippen molar-refractivity contribution in [3.05, 3.63) is 72.0 Å². The summed E-state index contributed by atoms with van der Waals surface area (Å²) in [5, 5.41) is 12.5. The molecule has 0 saturated heterocycles. The fourth-order valence-electron chi connectivity index (χ4n) is 2.92. The van der Waals surface area contributed by atoms with E-state index >= 15 is 0 Å². The molecule has 0 saturated carbocycles. The average Bonchev–Trinajstić information content (AvgIpc) is 3.18. The molecule has 1 amide bonds. The van der Waals surface area contributed by atoms with Crippen LogP contribution in [-0.4, -0.2) is 33.0 Å². The van der Waals surface area contributed by atoms with Gasteiger partial charge < -0.3 is 14.8 Å². The first kappa shape index (κ1) is 23.7. The van der Waals surface area contributed by atoms with Crippen molar-refractivity contribution < 1.29 is 14.3 Å². The highest BCUT2D eigenvalue weighted by molar-refractivity contribution is 7.99. The summed E-state index contributed by atoms with van der Waals surface area (Å²) in [6, 6.07) is 14.5. The van der Waals surface area contributed by atoms with Crippen molar-refractivity contribution in [3.63, 3.8) is 0 Å². The van der Waals surface area contributed by atoms with Crippen LogP contribution in [0.3, 0.4) is 0 Å². The molecule has 1 unspecified atom stereocenters. The minimum absolute atomic E-state index is 0.144. The molecular formula is C23H25ClN4O3S. The molecule has 1 N–H and O–H groups in total. The number of nitrogens with one attached hydrogen (secondary N) is 1. The molecule has 0 bridgehead atoms. The molecule has 0 fully saturated rings. The third-order valence-electron chi connectivity index (χ3n) is 4.34. The van der Waals surface area contributed by atoms with Gasteiger partial charge in [0.25, 0.3) is 0 Å². The van der Waals surface area contributed by atoms with E-state index in [4.69, 9.17) is 21.1 Å². The van der Waals surface area contributed by atoms with E-state index in [-0.39, 0.29) is 11.7 Å². The molecule has 0 aliphatic heterocycles. The zero-order valence-corrected chi connectivity index (χ0v) is 19.5. The quantitative estimate of drug-likeness (QED) is 0.298. The second-order valence-electron chi connectivity index (χ2n) is 6.72. The summed E-state index contributed by atoms with van der Waals surface area (Å²) in [7, 11) is 0. The largest absolute Gasteiger partial charge is 0.494 e. The highest BCUT2D eigenvalue weighted by Crippen LogP contribution is 2.29. The third-order valence-corrected chi connectivity index (χ3v) is 5.62. The first-order chi connectivity index (χ1) is 15.5. The molecule has 9 heteroatoms. The van der Waals surface area contributed by atoms with Gasteiger partial charge in [0.1, 0.15) is 11.5 Å². The Labute approximate surface area is 196 Å². The zero-order valence-electron chi connectivity index (χ0n) is 18.0. The van der Waals surface area contributed by atoms with Crippen LogP contribution < -0.4 is 14.8 Å². The fourth-order valence-corrected chi connectivity index (χ4v) is 3.86. The number of thioether (sulfide) groups is 1. The van der Waals surface area contributed by atoms with E-state index in [1.54, 1.807) is 30.3 Å². The van der Waals surface area contributed by atoms with Crippen molar-refractivity contribution in [2.24, 2.45) is 0 Å². The molecule has 2 aromatic carbocycles. The van der Waals surface area contributed by atoms with Gasteiger partial charge in [0, 0.05) is 12.2 Å². The number of allylic oxidation sites excluding steroid dienone is 1. The van der Waals surface area contributed by atoms with Crippen LogP contribution in [0.2, 0.25) is 5.02 Å². The van der Waals surface area contributed by atoms with Crippen molar-refractivity contribution in [2.75, 3.05) is 17.7 Å². The predicted octanol–water partition coefficient (Wildman–Crippen LogP) is 5.39. The number of carbonyl (C=O) groups excluding carboxylic acids is 1. The molecule has 32 heavy (non-hydrogen) atoms. The number of nitrogens with zero attached hydrogens (tertiary/aromatic N) is 3. The summed E-state index contributed by atoms with van der Waals surface area (Å²) in [4.78, 5) is 12.4. The smallest absolute Gasteiger partial charge is 0.234 e. The number of anilines is 1. The Bertz CT molecular complexity index is 1060. The number of aromatic nitrogens is 3. The van der Waals surface area contributed by atoms with E-state index in [2.05, 4.69) is 22.1 Å². The minimum Gasteiger partial charge on any atom is -0.494 e. The molecule has 0 aliphatic carbocycles. The summed E-state index contributed by atoms with van der Waals surface area (Å²) in [5.74, 6) is 1.99. The van der Waals surface area contributed by atoms with E-state index in [0.717, 1.165) is 5.75 Å². The first-order valence-electron chi connectivity index (χ1n) is 10.1. The van der Waals surface area contributed by atoms with Gasteiger partial charge in [0.05, 0.1) is 17.4 Å². The van der Waals surface area contributed by atoms with E-state index < -0.39 is 6.10 Å². The molecular weight excluding hydrogens is 448 g/mol. The number of ether oxygens (including phenoxy) is 2. The Kier molecular flexibility index (Phi) is 8.58. The highest BCUT2D eigenvalue weighted by atomic mass is 35.5. The van der Waals surface area contributed by atoms with E-state index in [1.807, 2.05) is 42.7 Å². The summed E-state index contributed by atoms with van der Waals surface area (Å²) < 4.78 is 13.3. The van der Waals surface area contributed by atoms with Gasteiger partial charge >= 0.3 is 0 Å². The van der Waals surface area contributed by atoms with Crippen molar-refractivity contribution in [1.29, 1.82) is 0 Å². The lowest BCUT2D eigenvalue weighted by atomic mass is 10.3. The van der Waals surface area contributed by atoms with Gasteiger partial charge in [0.2, 0.25) is 5.91 Å². The molecule has 7 nitrogen and oxygen atoms in total. The zero-order chi connectivity index (χ0) is 22.9. The Hall–Kier alpha value is -2.97. The normalized spacial score (nSPS) is 11.6. The second-order valence-corrected chi connectivity index (χ2v) is 8.07. The van der Waals surface area contributed by atoms with Gasteiger partial charge in [-0.2, -0.15) is 0 Å². The number of halogens is 1. The van der Waals surface area contributed by atoms with Gasteiger partial charge in [0.15, 0.2) is 17.1 Å². The molecule has 3 rings (SSSR count). The monoisotopic (exact) mass is 472 g/mol.